The highest BCUT2D eigenvalue weighted by molar-refractivity contribution is 7.13. The quantitative estimate of drug-likeness (QED) is 0.847. The molecular formula is C11H16N2O2S. The second kappa shape index (κ2) is 4.14. The van der Waals surface area contributed by atoms with Gasteiger partial charge in [-0.25, -0.2) is 9.78 Å². The van der Waals surface area contributed by atoms with E-state index in [-0.39, 0.29) is 12.0 Å². The highest BCUT2D eigenvalue weighted by Crippen LogP contribution is 2.43. The van der Waals surface area contributed by atoms with Crippen LogP contribution in [0, 0.1) is 5.92 Å². The Kier molecular flexibility index (Phi) is 2.99. The van der Waals surface area contributed by atoms with Crippen molar-refractivity contribution in [3.05, 3.63) is 15.6 Å². The number of aromatic nitrogens is 1. The van der Waals surface area contributed by atoms with E-state index in [4.69, 9.17) is 10.8 Å². The highest BCUT2D eigenvalue weighted by Gasteiger charge is 2.33. The number of hydrogen-bond donors (Lipinski definition) is 2. The fraction of sp³-hybridized carbons (Fsp3) is 0.636. The van der Waals surface area contributed by atoms with E-state index >= 15 is 0 Å². The zero-order valence-corrected chi connectivity index (χ0v) is 10.3. The van der Waals surface area contributed by atoms with Crippen LogP contribution in [0.2, 0.25) is 0 Å². The predicted molar refractivity (Wildman–Crippen MR) is 62.8 cm³/mol. The first kappa shape index (κ1) is 11.5. The molecule has 3 N–H and O–H groups in total. The highest BCUT2D eigenvalue weighted by atomic mass is 32.1. The third kappa shape index (κ3) is 2.10. The fourth-order valence-corrected chi connectivity index (χ4v) is 2.73. The fourth-order valence-electron chi connectivity index (χ4n) is 1.56. The molecule has 1 fully saturated rings. The average Bonchev–Trinajstić information content (AvgIpc) is 2.96. The van der Waals surface area contributed by atoms with Crippen LogP contribution >= 0.6 is 11.3 Å². The van der Waals surface area contributed by atoms with E-state index in [2.05, 4.69) is 4.98 Å². The molecule has 1 heterocycles. The molecule has 1 aliphatic rings. The normalized spacial score (nSPS) is 17.8. The molecule has 0 amide bonds. The van der Waals surface area contributed by atoms with Gasteiger partial charge in [0.25, 0.3) is 0 Å². The summed E-state index contributed by atoms with van der Waals surface area (Å²) in [5.41, 5.74) is 6.75. The van der Waals surface area contributed by atoms with Crippen LogP contribution in [-0.4, -0.2) is 16.1 Å². The Morgan fingerprint density at radius 1 is 1.56 bits per heavy atom. The molecule has 0 spiro atoms. The molecule has 0 radical (unpaired) electrons. The average molecular weight is 240 g/mol. The summed E-state index contributed by atoms with van der Waals surface area (Å²) in [5.74, 6) is -0.239. The lowest BCUT2D eigenvalue weighted by atomic mass is 10.1. The maximum Gasteiger partial charge on any atom is 0.347 e. The zero-order valence-electron chi connectivity index (χ0n) is 9.43. The van der Waals surface area contributed by atoms with Crippen molar-refractivity contribution in [3.8, 4) is 0 Å². The number of aromatic carboxylic acids is 1. The van der Waals surface area contributed by atoms with E-state index in [1.807, 2.05) is 13.8 Å². The Hall–Kier alpha value is -0.940. The summed E-state index contributed by atoms with van der Waals surface area (Å²) >= 11 is 1.24. The minimum Gasteiger partial charge on any atom is -0.477 e. The van der Waals surface area contributed by atoms with Gasteiger partial charge in [0, 0.05) is 5.92 Å². The van der Waals surface area contributed by atoms with E-state index in [0.717, 1.165) is 23.5 Å². The number of carboxylic acid groups (broad SMARTS) is 1. The number of hydrogen-bond acceptors (Lipinski definition) is 4. The van der Waals surface area contributed by atoms with E-state index in [0.29, 0.717) is 10.8 Å². The maximum atomic E-state index is 11.1. The summed E-state index contributed by atoms with van der Waals surface area (Å²) in [5, 5.41) is 9.86. The van der Waals surface area contributed by atoms with Gasteiger partial charge >= 0.3 is 5.97 Å². The summed E-state index contributed by atoms with van der Waals surface area (Å²) in [6, 6.07) is -0.157. The van der Waals surface area contributed by atoms with Crippen LogP contribution in [0.15, 0.2) is 0 Å². The molecule has 5 heteroatoms. The number of thiazole rings is 1. The van der Waals surface area contributed by atoms with Crippen molar-refractivity contribution in [1.82, 2.24) is 4.98 Å². The number of carbonyl (C=O) groups is 1. The first-order valence-corrected chi connectivity index (χ1v) is 6.31. The molecule has 1 atom stereocenters. The van der Waals surface area contributed by atoms with Crippen molar-refractivity contribution < 1.29 is 9.90 Å². The number of nitrogens with two attached hydrogens (primary N) is 1. The molecule has 4 nitrogen and oxygen atoms in total. The summed E-state index contributed by atoms with van der Waals surface area (Å²) in [6.07, 6.45) is 2.11. The Morgan fingerprint density at radius 3 is 2.62 bits per heavy atom. The van der Waals surface area contributed by atoms with Gasteiger partial charge in [0.05, 0.1) is 11.7 Å². The van der Waals surface area contributed by atoms with Gasteiger partial charge in [-0.2, -0.15) is 0 Å². The largest absolute Gasteiger partial charge is 0.477 e. The van der Waals surface area contributed by atoms with Crippen LogP contribution in [-0.2, 0) is 0 Å². The van der Waals surface area contributed by atoms with Gasteiger partial charge in [0.15, 0.2) is 0 Å². The van der Waals surface area contributed by atoms with Crippen LogP contribution in [0.4, 0.5) is 0 Å². The third-order valence-electron chi connectivity index (χ3n) is 2.83. The van der Waals surface area contributed by atoms with Crippen LogP contribution < -0.4 is 5.73 Å². The van der Waals surface area contributed by atoms with Crippen molar-refractivity contribution in [1.29, 1.82) is 0 Å². The van der Waals surface area contributed by atoms with Crippen molar-refractivity contribution in [2.75, 3.05) is 0 Å². The first-order chi connectivity index (χ1) is 7.50. The van der Waals surface area contributed by atoms with Crippen molar-refractivity contribution >= 4 is 17.3 Å². The molecule has 2 rings (SSSR count). The number of carboxylic acids is 1. The molecule has 1 aromatic heterocycles. The van der Waals surface area contributed by atoms with Gasteiger partial charge in [-0.15, -0.1) is 11.3 Å². The maximum absolute atomic E-state index is 11.1. The Morgan fingerprint density at radius 2 is 2.19 bits per heavy atom. The molecule has 0 aromatic carbocycles. The third-order valence-corrected chi connectivity index (χ3v) is 3.99. The molecule has 88 valence electrons. The Bertz CT molecular complexity index is 410. The number of nitrogens with zero attached hydrogens (tertiary/aromatic N) is 1. The summed E-state index contributed by atoms with van der Waals surface area (Å²) in [7, 11) is 0. The van der Waals surface area contributed by atoms with E-state index in [9.17, 15) is 4.79 Å². The van der Waals surface area contributed by atoms with Gasteiger partial charge in [-0.05, 0) is 18.8 Å². The van der Waals surface area contributed by atoms with Crippen LogP contribution in [0.25, 0.3) is 0 Å². The molecule has 0 bridgehead atoms. The van der Waals surface area contributed by atoms with Crippen molar-refractivity contribution in [2.45, 2.75) is 38.6 Å². The first-order valence-electron chi connectivity index (χ1n) is 5.50. The molecule has 1 saturated carbocycles. The SMILES string of the molecule is CC(C)C(N)c1nc(C2CC2)c(C(=O)O)s1. The molecule has 16 heavy (non-hydrogen) atoms. The van der Waals surface area contributed by atoms with Gasteiger partial charge in [0.1, 0.15) is 9.88 Å². The van der Waals surface area contributed by atoms with Crippen LogP contribution in [0.1, 0.15) is 59.0 Å². The second-order valence-corrected chi connectivity index (χ2v) is 5.65. The lowest BCUT2D eigenvalue weighted by molar-refractivity contribution is 0.0700. The Balaban J connectivity index is 2.34. The summed E-state index contributed by atoms with van der Waals surface area (Å²) < 4.78 is 0. The zero-order chi connectivity index (χ0) is 11.9. The van der Waals surface area contributed by atoms with Gasteiger partial charge in [-0.3, -0.25) is 0 Å². The molecule has 0 aliphatic heterocycles. The molecule has 0 saturated heterocycles. The second-order valence-electron chi connectivity index (χ2n) is 4.62. The monoisotopic (exact) mass is 240 g/mol. The lowest BCUT2D eigenvalue weighted by Gasteiger charge is -2.11. The summed E-state index contributed by atoms with van der Waals surface area (Å²) in [6.45, 7) is 4.03. The smallest absolute Gasteiger partial charge is 0.347 e. The van der Waals surface area contributed by atoms with Crippen molar-refractivity contribution in [2.24, 2.45) is 11.7 Å². The van der Waals surface area contributed by atoms with Gasteiger partial charge < -0.3 is 10.8 Å². The molecule has 1 aromatic rings. The van der Waals surface area contributed by atoms with Crippen molar-refractivity contribution in [3.63, 3.8) is 0 Å². The van der Waals surface area contributed by atoms with Crippen LogP contribution in [0.3, 0.4) is 0 Å². The molecule has 1 aliphatic carbocycles. The minimum atomic E-state index is -0.874. The molecular weight excluding hydrogens is 224 g/mol. The topological polar surface area (TPSA) is 76.2 Å². The predicted octanol–water partition coefficient (Wildman–Crippen LogP) is 2.37. The Labute approximate surface area is 98.5 Å². The van der Waals surface area contributed by atoms with Gasteiger partial charge in [0.2, 0.25) is 0 Å². The molecule has 1 unspecified atom stereocenters. The lowest BCUT2D eigenvalue weighted by Crippen LogP contribution is -2.16. The van der Waals surface area contributed by atoms with E-state index < -0.39 is 5.97 Å². The van der Waals surface area contributed by atoms with Gasteiger partial charge in [-0.1, -0.05) is 13.8 Å². The van der Waals surface area contributed by atoms with E-state index in [1.165, 1.54) is 11.3 Å². The van der Waals surface area contributed by atoms with Crippen LogP contribution in [0.5, 0.6) is 0 Å². The minimum absolute atomic E-state index is 0.157. The standard InChI is InChI=1S/C11H16N2O2S/c1-5(2)7(12)10-13-8(6-3-4-6)9(16-10)11(14)15/h5-7H,3-4,12H2,1-2H3,(H,14,15). The summed E-state index contributed by atoms with van der Waals surface area (Å²) in [4.78, 5) is 15.9. The number of rotatable bonds is 4. The van der Waals surface area contributed by atoms with E-state index in [1.54, 1.807) is 0 Å².